The van der Waals surface area contributed by atoms with Crippen LogP contribution in [0.15, 0.2) is 11.6 Å². The van der Waals surface area contributed by atoms with Crippen molar-refractivity contribution in [2.45, 2.75) is 52.9 Å². The molecular weight excluding hydrogens is 222 g/mol. The number of carbonyl (C=O) groups is 1. The van der Waals surface area contributed by atoms with Crippen molar-refractivity contribution in [2.75, 3.05) is 0 Å². The Bertz CT molecular complexity index is 396. The molecule has 0 aliphatic rings. The molecule has 0 saturated heterocycles. The summed E-state index contributed by atoms with van der Waals surface area (Å²) in [5.74, 6) is 11.4. The summed E-state index contributed by atoms with van der Waals surface area (Å²) in [6.45, 7) is 5.95. The summed E-state index contributed by atoms with van der Waals surface area (Å²) >= 11 is 0. The predicted octanol–water partition coefficient (Wildman–Crippen LogP) is 3.03. The van der Waals surface area contributed by atoms with Crippen molar-refractivity contribution in [3.8, 4) is 23.7 Å². The van der Waals surface area contributed by atoms with Crippen LogP contribution in [-0.4, -0.2) is 5.91 Å². The van der Waals surface area contributed by atoms with Crippen LogP contribution in [0.3, 0.4) is 0 Å². The minimum absolute atomic E-state index is 0.290. The number of rotatable bonds is 7. The molecule has 0 rings (SSSR count). The first-order chi connectivity index (χ1) is 8.57. The standard InChI is InChI=1S/C16H23NO/c1-4-5-6-7-8-9-10-11-12-15(16(17)18)13-14(2)3/h12,14H,8-11,13H2,1-3H3,(H2,17,18)/b15-12+. The van der Waals surface area contributed by atoms with E-state index in [1.807, 2.05) is 6.08 Å². The summed E-state index contributed by atoms with van der Waals surface area (Å²) in [5.41, 5.74) is 6.09. The Morgan fingerprint density at radius 2 is 2.00 bits per heavy atom. The molecule has 0 unspecified atom stereocenters. The first kappa shape index (κ1) is 16.3. The van der Waals surface area contributed by atoms with Gasteiger partial charge in [-0.25, -0.2) is 0 Å². The Balaban J connectivity index is 3.93. The van der Waals surface area contributed by atoms with Crippen LogP contribution in [0.25, 0.3) is 0 Å². The molecule has 0 aromatic carbocycles. The minimum atomic E-state index is -0.290. The minimum Gasteiger partial charge on any atom is -0.366 e. The zero-order chi connectivity index (χ0) is 13.8. The van der Waals surface area contributed by atoms with Crippen molar-refractivity contribution in [1.29, 1.82) is 0 Å². The fraction of sp³-hybridized carbons (Fsp3) is 0.562. The molecule has 0 fully saturated rings. The number of allylic oxidation sites excluding steroid dienone is 1. The third-order valence-corrected chi connectivity index (χ3v) is 2.37. The first-order valence-electron chi connectivity index (χ1n) is 6.46. The molecule has 0 radical (unpaired) electrons. The summed E-state index contributed by atoms with van der Waals surface area (Å²) in [7, 11) is 0. The number of amides is 1. The molecule has 0 aliphatic heterocycles. The Morgan fingerprint density at radius 1 is 1.28 bits per heavy atom. The van der Waals surface area contributed by atoms with Crippen molar-refractivity contribution in [3.05, 3.63) is 11.6 Å². The van der Waals surface area contributed by atoms with Crippen LogP contribution < -0.4 is 5.73 Å². The Labute approximate surface area is 111 Å². The number of hydrogen-bond donors (Lipinski definition) is 1. The van der Waals surface area contributed by atoms with Gasteiger partial charge in [0.1, 0.15) is 0 Å². The molecule has 2 nitrogen and oxygen atoms in total. The van der Waals surface area contributed by atoms with Gasteiger partial charge in [-0.15, -0.1) is 0 Å². The zero-order valence-electron chi connectivity index (χ0n) is 11.7. The average Bonchev–Trinajstić information content (AvgIpc) is 2.30. The van der Waals surface area contributed by atoms with Gasteiger partial charge in [0.25, 0.3) is 0 Å². The highest BCUT2D eigenvalue weighted by Gasteiger charge is 2.06. The van der Waals surface area contributed by atoms with E-state index in [0.717, 1.165) is 37.7 Å². The van der Waals surface area contributed by atoms with E-state index in [4.69, 9.17) is 5.73 Å². The highest BCUT2D eigenvalue weighted by atomic mass is 16.1. The average molecular weight is 245 g/mol. The molecule has 98 valence electrons. The molecular formula is C16H23NO. The molecule has 0 aromatic rings. The second-order valence-corrected chi connectivity index (χ2v) is 4.61. The van der Waals surface area contributed by atoms with E-state index in [-0.39, 0.29) is 5.91 Å². The SMILES string of the molecule is CC#CC#CCCCC/C=C(\CC(C)C)C(N)=O. The van der Waals surface area contributed by atoms with Crippen molar-refractivity contribution in [2.24, 2.45) is 11.7 Å². The zero-order valence-corrected chi connectivity index (χ0v) is 11.7. The lowest BCUT2D eigenvalue weighted by Crippen LogP contribution is -2.15. The quantitative estimate of drug-likeness (QED) is 0.418. The van der Waals surface area contributed by atoms with E-state index in [2.05, 4.69) is 37.5 Å². The van der Waals surface area contributed by atoms with E-state index in [0.29, 0.717) is 5.92 Å². The van der Waals surface area contributed by atoms with Gasteiger partial charge in [-0.3, -0.25) is 4.79 Å². The van der Waals surface area contributed by atoms with Crippen LogP contribution >= 0.6 is 0 Å². The fourth-order valence-corrected chi connectivity index (χ4v) is 1.53. The van der Waals surface area contributed by atoms with Gasteiger partial charge < -0.3 is 5.73 Å². The van der Waals surface area contributed by atoms with Crippen LogP contribution in [0.1, 0.15) is 52.9 Å². The van der Waals surface area contributed by atoms with E-state index < -0.39 is 0 Å². The lowest BCUT2D eigenvalue weighted by molar-refractivity contribution is -0.114. The number of unbranched alkanes of at least 4 members (excludes halogenated alkanes) is 3. The summed E-state index contributed by atoms with van der Waals surface area (Å²) in [6.07, 6.45) is 6.55. The maximum absolute atomic E-state index is 11.2. The van der Waals surface area contributed by atoms with Gasteiger partial charge in [0.2, 0.25) is 5.91 Å². The highest BCUT2D eigenvalue weighted by molar-refractivity contribution is 5.91. The van der Waals surface area contributed by atoms with Gasteiger partial charge in [-0.1, -0.05) is 31.8 Å². The van der Waals surface area contributed by atoms with E-state index in [9.17, 15) is 4.79 Å². The van der Waals surface area contributed by atoms with Crippen LogP contribution in [0, 0.1) is 29.6 Å². The van der Waals surface area contributed by atoms with Crippen molar-refractivity contribution in [1.82, 2.24) is 0 Å². The lowest BCUT2D eigenvalue weighted by atomic mass is 10.0. The summed E-state index contributed by atoms with van der Waals surface area (Å²) in [4.78, 5) is 11.2. The van der Waals surface area contributed by atoms with Crippen LogP contribution in [-0.2, 0) is 4.79 Å². The van der Waals surface area contributed by atoms with Crippen molar-refractivity contribution >= 4 is 5.91 Å². The Hall–Kier alpha value is -1.67. The Kier molecular flexibility index (Phi) is 9.51. The lowest BCUT2D eigenvalue weighted by Gasteiger charge is -2.06. The van der Waals surface area contributed by atoms with Crippen LogP contribution in [0.2, 0.25) is 0 Å². The summed E-state index contributed by atoms with van der Waals surface area (Å²) in [6, 6.07) is 0. The molecule has 0 aliphatic carbocycles. The third kappa shape index (κ3) is 9.55. The molecule has 0 aromatic heterocycles. The smallest absolute Gasteiger partial charge is 0.244 e. The largest absolute Gasteiger partial charge is 0.366 e. The number of primary amides is 1. The Morgan fingerprint density at radius 3 is 2.56 bits per heavy atom. The first-order valence-corrected chi connectivity index (χ1v) is 6.46. The summed E-state index contributed by atoms with van der Waals surface area (Å²) in [5, 5.41) is 0. The van der Waals surface area contributed by atoms with Crippen LogP contribution in [0.5, 0.6) is 0 Å². The molecule has 2 heteroatoms. The molecule has 18 heavy (non-hydrogen) atoms. The van der Waals surface area contributed by atoms with Gasteiger partial charge in [0.15, 0.2) is 0 Å². The number of nitrogens with two attached hydrogens (primary N) is 1. The molecule has 1 amide bonds. The fourth-order valence-electron chi connectivity index (χ4n) is 1.53. The van der Waals surface area contributed by atoms with Gasteiger partial charge in [0.05, 0.1) is 0 Å². The molecule has 0 bridgehead atoms. The highest BCUT2D eigenvalue weighted by Crippen LogP contribution is 2.12. The molecule has 0 spiro atoms. The van der Waals surface area contributed by atoms with Crippen molar-refractivity contribution < 1.29 is 4.79 Å². The van der Waals surface area contributed by atoms with Gasteiger partial charge >= 0.3 is 0 Å². The maximum atomic E-state index is 11.2. The van der Waals surface area contributed by atoms with Gasteiger partial charge in [-0.05, 0) is 50.4 Å². The molecule has 2 N–H and O–H groups in total. The maximum Gasteiger partial charge on any atom is 0.244 e. The van der Waals surface area contributed by atoms with E-state index >= 15 is 0 Å². The van der Waals surface area contributed by atoms with Gasteiger partial charge in [-0.2, -0.15) is 0 Å². The topological polar surface area (TPSA) is 43.1 Å². The normalized spacial score (nSPS) is 10.3. The molecule has 0 saturated carbocycles. The number of hydrogen-bond acceptors (Lipinski definition) is 1. The van der Waals surface area contributed by atoms with Crippen LogP contribution in [0.4, 0.5) is 0 Å². The monoisotopic (exact) mass is 245 g/mol. The van der Waals surface area contributed by atoms with Gasteiger partial charge in [0, 0.05) is 12.0 Å². The second-order valence-electron chi connectivity index (χ2n) is 4.61. The summed E-state index contributed by atoms with van der Waals surface area (Å²) < 4.78 is 0. The van der Waals surface area contributed by atoms with Crippen molar-refractivity contribution in [3.63, 3.8) is 0 Å². The van der Waals surface area contributed by atoms with E-state index in [1.165, 1.54) is 0 Å². The second kappa shape index (κ2) is 10.5. The predicted molar refractivity (Wildman–Crippen MR) is 76.4 cm³/mol. The van der Waals surface area contributed by atoms with E-state index in [1.54, 1.807) is 6.92 Å². The molecule has 0 heterocycles. The molecule has 0 atom stereocenters. The number of carbonyl (C=O) groups excluding carboxylic acids is 1. The third-order valence-electron chi connectivity index (χ3n) is 2.37.